The Morgan fingerprint density at radius 2 is 2.25 bits per heavy atom. The molecule has 5 nitrogen and oxygen atoms in total. The van der Waals surface area contributed by atoms with E-state index in [2.05, 4.69) is 4.74 Å². The van der Waals surface area contributed by atoms with Crippen molar-refractivity contribution in [2.24, 2.45) is 0 Å². The van der Waals surface area contributed by atoms with Gasteiger partial charge in [0.1, 0.15) is 0 Å². The standard InChI is InChI=1S/C9H10F2N2O3/c1-2-16-9(15)4-3-5(12)8(14)13-6(4)7(10)11/h3,7H,2,12H2,1H3,(H,13,14). The van der Waals surface area contributed by atoms with E-state index in [0.717, 1.165) is 6.07 Å². The van der Waals surface area contributed by atoms with Crippen LogP contribution in [0, 0.1) is 0 Å². The first-order chi connectivity index (χ1) is 7.47. The second-order valence-electron chi connectivity index (χ2n) is 2.90. The predicted octanol–water partition coefficient (Wildman–Crippen LogP) is 1.07. The van der Waals surface area contributed by atoms with E-state index in [-0.39, 0.29) is 12.3 Å². The van der Waals surface area contributed by atoms with Crippen molar-refractivity contribution in [2.45, 2.75) is 13.3 Å². The number of H-pyrrole nitrogens is 1. The van der Waals surface area contributed by atoms with Gasteiger partial charge in [-0.1, -0.05) is 0 Å². The third-order valence-electron chi connectivity index (χ3n) is 1.81. The number of aromatic amines is 1. The number of rotatable bonds is 3. The molecule has 1 aromatic heterocycles. The summed E-state index contributed by atoms with van der Waals surface area (Å²) in [4.78, 5) is 24.2. The average Bonchev–Trinajstić information content (AvgIpc) is 2.21. The van der Waals surface area contributed by atoms with E-state index in [0.29, 0.717) is 0 Å². The van der Waals surface area contributed by atoms with E-state index < -0.39 is 29.2 Å². The molecule has 0 aliphatic rings. The first-order valence-electron chi connectivity index (χ1n) is 4.45. The van der Waals surface area contributed by atoms with Crippen molar-refractivity contribution in [2.75, 3.05) is 12.3 Å². The molecule has 1 heterocycles. The van der Waals surface area contributed by atoms with Crippen LogP contribution in [0.1, 0.15) is 29.4 Å². The lowest BCUT2D eigenvalue weighted by molar-refractivity contribution is 0.0513. The number of carbonyl (C=O) groups excluding carboxylic acids is 1. The molecule has 0 unspecified atom stereocenters. The minimum absolute atomic E-state index is 0.0422. The van der Waals surface area contributed by atoms with Crippen LogP contribution in [-0.2, 0) is 4.74 Å². The molecule has 7 heteroatoms. The Morgan fingerprint density at radius 3 is 2.75 bits per heavy atom. The third kappa shape index (κ3) is 2.36. The minimum atomic E-state index is -2.98. The number of nitrogens with two attached hydrogens (primary N) is 1. The number of hydrogen-bond donors (Lipinski definition) is 2. The molecule has 0 saturated carbocycles. The molecule has 0 amide bonds. The second-order valence-corrected chi connectivity index (χ2v) is 2.90. The number of alkyl halides is 2. The van der Waals surface area contributed by atoms with Gasteiger partial charge in [-0.2, -0.15) is 0 Å². The van der Waals surface area contributed by atoms with E-state index in [1.165, 1.54) is 6.92 Å². The molecule has 0 aliphatic carbocycles. The highest BCUT2D eigenvalue weighted by atomic mass is 19.3. The normalized spacial score (nSPS) is 10.5. The summed E-state index contributed by atoms with van der Waals surface area (Å²) in [6.45, 7) is 1.58. The molecule has 16 heavy (non-hydrogen) atoms. The molecule has 3 N–H and O–H groups in total. The van der Waals surface area contributed by atoms with Gasteiger partial charge in [-0.3, -0.25) is 4.79 Å². The molecule has 0 radical (unpaired) electrons. The summed E-state index contributed by atoms with van der Waals surface area (Å²) in [5.41, 5.74) is 2.85. The number of nitrogen functional groups attached to an aromatic ring is 1. The van der Waals surface area contributed by atoms with Crippen LogP contribution in [0.3, 0.4) is 0 Å². The van der Waals surface area contributed by atoms with E-state index in [4.69, 9.17) is 5.73 Å². The highest BCUT2D eigenvalue weighted by molar-refractivity contribution is 5.91. The van der Waals surface area contributed by atoms with Crippen molar-refractivity contribution in [1.82, 2.24) is 4.98 Å². The van der Waals surface area contributed by atoms with Gasteiger partial charge in [0.2, 0.25) is 0 Å². The zero-order valence-electron chi connectivity index (χ0n) is 8.42. The first-order valence-corrected chi connectivity index (χ1v) is 4.45. The minimum Gasteiger partial charge on any atom is -0.462 e. The number of esters is 1. The summed E-state index contributed by atoms with van der Waals surface area (Å²) in [5, 5.41) is 0. The van der Waals surface area contributed by atoms with Gasteiger partial charge in [0, 0.05) is 0 Å². The molecule has 0 fully saturated rings. The highest BCUT2D eigenvalue weighted by Crippen LogP contribution is 2.21. The number of nitrogens with one attached hydrogen (secondary N) is 1. The number of ether oxygens (including phenoxy) is 1. The molecule has 1 rings (SSSR count). The maximum Gasteiger partial charge on any atom is 0.340 e. The highest BCUT2D eigenvalue weighted by Gasteiger charge is 2.21. The van der Waals surface area contributed by atoms with Crippen molar-refractivity contribution in [3.63, 3.8) is 0 Å². The van der Waals surface area contributed by atoms with Crippen LogP contribution in [0.2, 0.25) is 0 Å². The zero-order valence-corrected chi connectivity index (χ0v) is 8.42. The molecule has 0 aliphatic heterocycles. The van der Waals surface area contributed by atoms with Crippen molar-refractivity contribution in [3.8, 4) is 0 Å². The van der Waals surface area contributed by atoms with Gasteiger partial charge < -0.3 is 15.5 Å². The smallest absolute Gasteiger partial charge is 0.340 e. The maximum atomic E-state index is 12.5. The first kappa shape index (κ1) is 12.2. The monoisotopic (exact) mass is 232 g/mol. The molecule has 0 spiro atoms. The molecule has 0 saturated heterocycles. The van der Waals surface area contributed by atoms with Crippen molar-refractivity contribution in [1.29, 1.82) is 0 Å². The van der Waals surface area contributed by atoms with E-state index >= 15 is 0 Å². The van der Waals surface area contributed by atoms with E-state index in [9.17, 15) is 18.4 Å². The summed E-state index contributed by atoms with van der Waals surface area (Å²) in [6, 6.07) is 0.887. The number of anilines is 1. The molecule has 0 bridgehead atoms. The molecule has 88 valence electrons. The fourth-order valence-corrected chi connectivity index (χ4v) is 1.11. The Kier molecular flexibility index (Phi) is 3.60. The maximum absolute atomic E-state index is 12.5. The van der Waals surface area contributed by atoms with Crippen LogP contribution in [0.15, 0.2) is 10.9 Å². The molecule has 1 aromatic rings. The topological polar surface area (TPSA) is 85.2 Å². The van der Waals surface area contributed by atoms with Crippen LogP contribution >= 0.6 is 0 Å². The van der Waals surface area contributed by atoms with Gasteiger partial charge >= 0.3 is 5.97 Å². The lowest BCUT2D eigenvalue weighted by Gasteiger charge is -2.08. The van der Waals surface area contributed by atoms with E-state index in [1.807, 2.05) is 4.98 Å². The van der Waals surface area contributed by atoms with Crippen molar-refractivity contribution < 1.29 is 18.3 Å². The van der Waals surface area contributed by atoms with Crippen molar-refractivity contribution in [3.05, 3.63) is 27.7 Å². The Balaban J connectivity index is 3.30. The SMILES string of the molecule is CCOC(=O)c1cc(N)c(=O)[nH]c1C(F)F. The lowest BCUT2D eigenvalue weighted by atomic mass is 10.2. The Morgan fingerprint density at radius 1 is 1.62 bits per heavy atom. The summed E-state index contributed by atoms with van der Waals surface area (Å²) in [6.07, 6.45) is -2.98. The quantitative estimate of drug-likeness (QED) is 0.763. The Hall–Kier alpha value is -1.92. The van der Waals surface area contributed by atoms with Crippen molar-refractivity contribution >= 4 is 11.7 Å². The van der Waals surface area contributed by atoms with Gasteiger partial charge in [-0.15, -0.1) is 0 Å². The molecular formula is C9H10F2N2O3. The van der Waals surface area contributed by atoms with E-state index in [1.54, 1.807) is 0 Å². The lowest BCUT2D eigenvalue weighted by Crippen LogP contribution is -2.19. The molecule has 0 aromatic carbocycles. The van der Waals surface area contributed by atoms with Gasteiger partial charge in [-0.25, -0.2) is 13.6 Å². The zero-order chi connectivity index (χ0) is 12.3. The van der Waals surface area contributed by atoms with Crippen LogP contribution in [0.5, 0.6) is 0 Å². The van der Waals surface area contributed by atoms with Gasteiger partial charge in [-0.05, 0) is 13.0 Å². The van der Waals surface area contributed by atoms with Gasteiger partial charge in [0.15, 0.2) is 0 Å². The summed E-state index contributed by atoms with van der Waals surface area (Å²) in [5.74, 6) is -0.944. The van der Waals surface area contributed by atoms with Gasteiger partial charge in [0.25, 0.3) is 12.0 Å². The summed E-state index contributed by atoms with van der Waals surface area (Å²) in [7, 11) is 0. The summed E-state index contributed by atoms with van der Waals surface area (Å²) >= 11 is 0. The average molecular weight is 232 g/mol. The van der Waals surface area contributed by atoms with Gasteiger partial charge in [0.05, 0.1) is 23.6 Å². The van der Waals surface area contributed by atoms with Crippen LogP contribution < -0.4 is 11.3 Å². The Bertz CT molecular complexity index is 457. The largest absolute Gasteiger partial charge is 0.462 e. The molecular weight excluding hydrogens is 222 g/mol. The number of hydrogen-bond acceptors (Lipinski definition) is 4. The van der Waals surface area contributed by atoms with Crippen LogP contribution in [0.25, 0.3) is 0 Å². The fraction of sp³-hybridized carbons (Fsp3) is 0.333. The second kappa shape index (κ2) is 4.73. The number of pyridine rings is 1. The third-order valence-corrected chi connectivity index (χ3v) is 1.81. The molecule has 0 atom stereocenters. The number of halogens is 2. The predicted molar refractivity (Wildman–Crippen MR) is 52.4 cm³/mol. The number of carbonyl (C=O) groups is 1. The number of aromatic nitrogens is 1. The van der Waals surface area contributed by atoms with Crippen LogP contribution in [0.4, 0.5) is 14.5 Å². The summed E-state index contributed by atoms with van der Waals surface area (Å²) < 4.78 is 29.6. The Labute approximate surface area is 89.2 Å². The van der Waals surface area contributed by atoms with Crippen LogP contribution in [-0.4, -0.2) is 17.6 Å². The fourth-order valence-electron chi connectivity index (χ4n) is 1.11.